The van der Waals surface area contributed by atoms with Gasteiger partial charge in [0, 0.05) is 17.6 Å². The van der Waals surface area contributed by atoms with Crippen molar-refractivity contribution in [2.45, 2.75) is 23.4 Å². The summed E-state index contributed by atoms with van der Waals surface area (Å²) in [6.45, 7) is 0.0411. The number of rotatable bonds is 3. The van der Waals surface area contributed by atoms with Crippen LogP contribution in [0.1, 0.15) is 16.8 Å². The quantitative estimate of drug-likeness (QED) is 0.789. The van der Waals surface area contributed by atoms with Crippen molar-refractivity contribution in [3.8, 4) is 0 Å². The lowest BCUT2D eigenvalue weighted by Gasteiger charge is -2.20. The Hall–Kier alpha value is -2.49. The van der Waals surface area contributed by atoms with Crippen molar-refractivity contribution in [2.75, 3.05) is 11.9 Å². The lowest BCUT2D eigenvalue weighted by atomic mass is 10.1. The summed E-state index contributed by atoms with van der Waals surface area (Å²) in [5, 5.41) is 3.07. The molecule has 28 heavy (non-hydrogen) atoms. The van der Waals surface area contributed by atoms with Crippen molar-refractivity contribution in [2.24, 2.45) is 0 Å². The normalized spacial score (nSPS) is 21.7. The average Bonchev–Trinajstić information content (AvgIpc) is 3.01. The molecule has 0 radical (unpaired) electrons. The molecule has 0 unspecified atom stereocenters. The van der Waals surface area contributed by atoms with Crippen LogP contribution < -0.4 is 10.0 Å². The maximum atomic E-state index is 13.0. The molecule has 2 amide bonds. The van der Waals surface area contributed by atoms with Gasteiger partial charge in [0.05, 0.1) is 16.1 Å². The van der Waals surface area contributed by atoms with Crippen LogP contribution in [0.3, 0.4) is 0 Å². The third-order valence-electron chi connectivity index (χ3n) is 4.78. The second-order valence-corrected chi connectivity index (χ2v) is 8.81. The molecule has 1 saturated heterocycles. The van der Waals surface area contributed by atoms with Crippen LogP contribution in [0.5, 0.6) is 0 Å². The number of hydrogen-bond acceptors (Lipinski definition) is 4. The number of benzene rings is 2. The maximum Gasteiger partial charge on any atom is 0.256 e. The molecule has 146 valence electrons. The van der Waals surface area contributed by atoms with E-state index in [-0.39, 0.29) is 23.8 Å². The van der Waals surface area contributed by atoms with Crippen LogP contribution in [0.2, 0.25) is 5.02 Å². The zero-order valence-electron chi connectivity index (χ0n) is 14.4. The molecule has 2 N–H and O–H groups in total. The van der Waals surface area contributed by atoms with Crippen molar-refractivity contribution in [3.05, 3.63) is 58.9 Å². The zero-order valence-corrected chi connectivity index (χ0v) is 15.9. The molecule has 0 aromatic heterocycles. The van der Waals surface area contributed by atoms with E-state index in [0.29, 0.717) is 16.3 Å². The van der Waals surface area contributed by atoms with Crippen molar-refractivity contribution in [3.63, 3.8) is 0 Å². The van der Waals surface area contributed by atoms with E-state index in [1.165, 1.54) is 17.0 Å². The Bertz CT molecular complexity index is 1070. The molecular formula is C18H15ClFN3O4S. The Balaban J connectivity index is 1.58. The smallest absolute Gasteiger partial charge is 0.256 e. The van der Waals surface area contributed by atoms with E-state index in [1.807, 2.05) is 0 Å². The maximum absolute atomic E-state index is 13.0. The van der Waals surface area contributed by atoms with Crippen LogP contribution in [-0.2, 0) is 14.8 Å². The molecular weight excluding hydrogens is 409 g/mol. The zero-order chi connectivity index (χ0) is 20.1. The highest BCUT2D eigenvalue weighted by atomic mass is 35.5. The molecule has 1 fully saturated rings. The van der Waals surface area contributed by atoms with Crippen LogP contribution in [0.15, 0.2) is 47.4 Å². The largest absolute Gasteiger partial charge is 0.325 e. The van der Waals surface area contributed by atoms with Gasteiger partial charge in [-0.25, -0.2) is 17.5 Å². The number of carbonyl (C=O) groups excluding carboxylic acids is 2. The van der Waals surface area contributed by atoms with E-state index in [1.54, 1.807) is 6.07 Å². The first-order chi connectivity index (χ1) is 13.2. The minimum Gasteiger partial charge on any atom is -0.325 e. The summed E-state index contributed by atoms with van der Waals surface area (Å²) in [6, 6.07) is 7.54. The SMILES string of the molecule is O=C1Nc2cc(Cl)ccc2C(=O)N2C[C@@H](NS(=O)(=O)c3ccc(F)cc3)C[C@@H]12. The molecule has 2 aromatic carbocycles. The van der Waals surface area contributed by atoms with Gasteiger partial charge in [-0.05, 0) is 48.9 Å². The van der Waals surface area contributed by atoms with Gasteiger partial charge in [-0.1, -0.05) is 11.6 Å². The van der Waals surface area contributed by atoms with E-state index in [2.05, 4.69) is 10.0 Å². The highest BCUT2D eigenvalue weighted by Gasteiger charge is 2.43. The van der Waals surface area contributed by atoms with Crippen molar-refractivity contribution in [1.29, 1.82) is 0 Å². The molecule has 0 bridgehead atoms. The lowest BCUT2D eigenvalue weighted by Crippen LogP contribution is -2.41. The highest BCUT2D eigenvalue weighted by molar-refractivity contribution is 7.89. The van der Waals surface area contributed by atoms with Crippen LogP contribution in [-0.4, -0.2) is 43.8 Å². The minimum atomic E-state index is -3.92. The first-order valence-electron chi connectivity index (χ1n) is 8.44. The number of amides is 2. The summed E-state index contributed by atoms with van der Waals surface area (Å²) in [5.41, 5.74) is 0.627. The van der Waals surface area contributed by atoms with Crippen LogP contribution in [0.25, 0.3) is 0 Å². The Morgan fingerprint density at radius 3 is 2.57 bits per heavy atom. The molecule has 2 heterocycles. The summed E-state index contributed by atoms with van der Waals surface area (Å²) < 4.78 is 40.6. The monoisotopic (exact) mass is 423 g/mol. The minimum absolute atomic E-state index is 0.0411. The van der Waals surface area contributed by atoms with Gasteiger partial charge in [-0.2, -0.15) is 0 Å². The second-order valence-electron chi connectivity index (χ2n) is 6.66. The number of halogens is 2. The standard InChI is InChI=1S/C18H15ClFN3O4S/c19-10-1-6-14-15(7-10)21-17(24)16-8-12(9-23(16)18(14)25)22-28(26,27)13-4-2-11(20)3-5-13/h1-7,12,16,22H,8-9H2,(H,21,24)/t12-,16-/m0/s1. The molecule has 0 saturated carbocycles. The Morgan fingerprint density at radius 1 is 1.14 bits per heavy atom. The Labute approximate surface area is 165 Å². The lowest BCUT2D eigenvalue weighted by molar-refractivity contribution is -0.119. The molecule has 2 aromatic rings. The molecule has 0 aliphatic carbocycles. The van der Waals surface area contributed by atoms with E-state index < -0.39 is 33.8 Å². The van der Waals surface area contributed by atoms with Gasteiger partial charge in [-0.3, -0.25) is 9.59 Å². The molecule has 2 aliphatic heterocycles. The van der Waals surface area contributed by atoms with Gasteiger partial charge in [0.25, 0.3) is 5.91 Å². The fourth-order valence-corrected chi connectivity index (χ4v) is 4.88. The Morgan fingerprint density at radius 2 is 1.86 bits per heavy atom. The summed E-state index contributed by atoms with van der Waals surface area (Å²) in [4.78, 5) is 26.7. The topological polar surface area (TPSA) is 95.6 Å². The van der Waals surface area contributed by atoms with Crippen molar-refractivity contribution >= 4 is 39.1 Å². The predicted octanol–water partition coefficient (Wildman–Crippen LogP) is 1.99. The van der Waals surface area contributed by atoms with E-state index in [4.69, 9.17) is 11.6 Å². The fraction of sp³-hybridized carbons (Fsp3) is 0.222. The van der Waals surface area contributed by atoms with E-state index in [9.17, 15) is 22.4 Å². The second kappa shape index (κ2) is 6.84. The van der Waals surface area contributed by atoms with Gasteiger partial charge in [0.15, 0.2) is 0 Å². The van der Waals surface area contributed by atoms with Gasteiger partial charge in [-0.15, -0.1) is 0 Å². The highest BCUT2D eigenvalue weighted by Crippen LogP contribution is 2.31. The Kier molecular flexibility index (Phi) is 4.60. The van der Waals surface area contributed by atoms with Crippen LogP contribution in [0, 0.1) is 5.82 Å². The van der Waals surface area contributed by atoms with Gasteiger partial charge < -0.3 is 10.2 Å². The molecule has 4 rings (SSSR count). The summed E-state index contributed by atoms with van der Waals surface area (Å²) in [6.07, 6.45) is 0.125. The number of carbonyl (C=O) groups is 2. The summed E-state index contributed by atoms with van der Waals surface area (Å²) >= 11 is 5.93. The molecule has 2 atom stereocenters. The summed E-state index contributed by atoms with van der Waals surface area (Å²) in [7, 11) is -3.92. The molecule has 2 aliphatic rings. The number of anilines is 1. The molecule has 10 heteroatoms. The number of sulfonamides is 1. The third kappa shape index (κ3) is 3.36. The third-order valence-corrected chi connectivity index (χ3v) is 6.55. The van der Waals surface area contributed by atoms with Crippen LogP contribution in [0.4, 0.5) is 10.1 Å². The van der Waals surface area contributed by atoms with Gasteiger partial charge in [0.2, 0.25) is 15.9 Å². The fourth-order valence-electron chi connectivity index (χ4n) is 3.47. The number of nitrogens with one attached hydrogen (secondary N) is 2. The summed E-state index contributed by atoms with van der Waals surface area (Å²) in [5.74, 6) is -1.33. The van der Waals surface area contributed by atoms with Gasteiger partial charge in [0.1, 0.15) is 11.9 Å². The van der Waals surface area contributed by atoms with Gasteiger partial charge >= 0.3 is 0 Å². The molecule has 7 nitrogen and oxygen atoms in total. The van der Waals surface area contributed by atoms with Crippen LogP contribution >= 0.6 is 11.6 Å². The number of nitrogens with zero attached hydrogens (tertiary/aromatic N) is 1. The molecule has 0 spiro atoms. The van der Waals surface area contributed by atoms with Crippen molar-refractivity contribution in [1.82, 2.24) is 9.62 Å². The van der Waals surface area contributed by atoms with Crippen molar-refractivity contribution < 1.29 is 22.4 Å². The predicted molar refractivity (Wildman–Crippen MR) is 100 cm³/mol. The number of hydrogen-bond donors (Lipinski definition) is 2. The average molecular weight is 424 g/mol. The van der Waals surface area contributed by atoms with E-state index >= 15 is 0 Å². The number of fused-ring (bicyclic) bond motifs is 2. The first-order valence-corrected chi connectivity index (χ1v) is 10.3. The van der Waals surface area contributed by atoms with E-state index in [0.717, 1.165) is 24.3 Å². The first kappa shape index (κ1) is 18.9.